The molecule has 0 aliphatic heterocycles. The number of aryl methyl sites for hydroxylation is 1. The predicted molar refractivity (Wildman–Crippen MR) is 95.5 cm³/mol. The van der Waals surface area contributed by atoms with E-state index in [1.807, 2.05) is 0 Å². The van der Waals surface area contributed by atoms with E-state index in [2.05, 4.69) is 20.6 Å². The van der Waals surface area contributed by atoms with Crippen LogP contribution in [0.5, 0.6) is 0 Å². The maximum atomic E-state index is 14.8. The van der Waals surface area contributed by atoms with Crippen molar-refractivity contribution < 1.29 is 13.4 Å². The van der Waals surface area contributed by atoms with Gasteiger partial charge in [0.05, 0.1) is 11.3 Å². The summed E-state index contributed by atoms with van der Waals surface area (Å²) in [5, 5.41) is 0.621. The summed E-state index contributed by atoms with van der Waals surface area (Å²) in [6, 6.07) is 6.52. The second kappa shape index (κ2) is 5.76. The Kier molecular flexibility index (Phi) is 3.88. The standard InChI is InChI=1S/C17H16FN3O2S/c1-10-6-7-13(21-24(2,3)23)15(18)14(10)16(22)12-9-20-17-11(12)5-4-8-19-17/h4-9H,2H2,1,3H3,(H,19,20)(H,21,23). The highest BCUT2D eigenvalue weighted by Gasteiger charge is 2.22. The lowest BCUT2D eigenvalue weighted by atomic mass is 9.98. The molecule has 2 N–H and O–H groups in total. The molecule has 1 atom stereocenters. The van der Waals surface area contributed by atoms with Crippen LogP contribution in [0.15, 0.2) is 36.7 Å². The second-order valence-electron chi connectivity index (χ2n) is 5.66. The lowest BCUT2D eigenvalue weighted by molar-refractivity contribution is 0.103. The highest BCUT2D eigenvalue weighted by Crippen LogP contribution is 2.27. The van der Waals surface area contributed by atoms with Crippen LogP contribution >= 0.6 is 0 Å². The number of aromatic amines is 1. The monoisotopic (exact) mass is 345 g/mol. The van der Waals surface area contributed by atoms with Crippen LogP contribution in [0.25, 0.3) is 11.0 Å². The van der Waals surface area contributed by atoms with E-state index in [0.717, 1.165) is 0 Å². The Morgan fingerprint density at radius 1 is 1.38 bits per heavy atom. The summed E-state index contributed by atoms with van der Waals surface area (Å²) < 4.78 is 29.2. The van der Waals surface area contributed by atoms with Crippen LogP contribution < -0.4 is 4.72 Å². The summed E-state index contributed by atoms with van der Waals surface area (Å²) in [5.41, 5.74) is 1.32. The number of carbonyl (C=O) groups is 1. The summed E-state index contributed by atoms with van der Waals surface area (Å²) in [5.74, 6) is 2.25. The third kappa shape index (κ3) is 2.90. The lowest BCUT2D eigenvalue weighted by Gasteiger charge is -2.13. The van der Waals surface area contributed by atoms with Crippen LogP contribution in [0.1, 0.15) is 21.5 Å². The number of ketones is 1. The zero-order valence-electron chi connectivity index (χ0n) is 13.2. The fourth-order valence-corrected chi connectivity index (χ4v) is 3.16. The molecule has 24 heavy (non-hydrogen) atoms. The maximum Gasteiger partial charge on any atom is 0.198 e. The third-order valence-corrected chi connectivity index (χ3v) is 4.25. The molecule has 3 aromatic rings. The van der Waals surface area contributed by atoms with Gasteiger partial charge in [0, 0.05) is 39.3 Å². The largest absolute Gasteiger partial charge is 0.345 e. The van der Waals surface area contributed by atoms with E-state index in [1.165, 1.54) is 18.5 Å². The number of aromatic nitrogens is 2. The molecular formula is C17H16FN3O2S. The van der Waals surface area contributed by atoms with Crippen molar-refractivity contribution >= 4 is 38.1 Å². The number of carbonyl (C=O) groups excluding carboxylic acids is 1. The van der Waals surface area contributed by atoms with Crippen molar-refractivity contribution in [1.29, 1.82) is 0 Å². The van der Waals surface area contributed by atoms with Crippen molar-refractivity contribution in [1.82, 2.24) is 9.97 Å². The second-order valence-corrected chi connectivity index (χ2v) is 7.87. The van der Waals surface area contributed by atoms with Crippen LogP contribution in [-0.2, 0) is 9.71 Å². The summed E-state index contributed by atoms with van der Waals surface area (Å²) in [6.45, 7) is 1.65. The molecule has 3 rings (SSSR count). The first-order chi connectivity index (χ1) is 11.3. The van der Waals surface area contributed by atoms with Gasteiger partial charge >= 0.3 is 0 Å². The number of pyridine rings is 1. The number of halogens is 1. The number of H-pyrrole nitrogens is 1. The zero-order valence-corrected chi connectivity index (χ0v) is 14.0. The van der Waals surface area contributed by atoms with Gasteiger partial charge in [-0.2, -0.15) is 0 Å². The fraction of sp³-hybridized carbons (Fsp3) is 0.118. The molecule has 1 unspecified atom stereocenters. The quantitative estimate of drug-likeness (QED) is 0.564. The molecule has 0 fully saturated rings. The minimum absolute atomic E-state index is 0.00980. The van der Waals surface area contributed by atoms with Gasteiger partial charge in [-0.15, -0.1) is 0 Å². The summed E-state index contributed by atoms with van der Waals surface area (Å²) in [4.78, 5) is 19.9. The fourth-order valence-electron chi connectivity index (χ4n) is 2.54. The van der Waals surface area contributed by atoms with Crippen molar-refractivity contribution in [2.45, 2.75) is 6.92 Å². The van der Waals surface area contributed by atoms with Crippen molar-refractivity contribution in [3.63, 3.8) is 0 Å². The van der Waals surface area contributed by atoms with Crippen LogP contribution in [0, 0.1) is 12.7 Å². The first kappa shape index (κ1) is 16.2. The van der Waals surface area contributed by atoms with Crippen molar-refractivity contribution in [2.24, 2.45) is 0 Å². The molecular weight excluding hydrogens is 329 g/mol. The SMILES string of the molecule is C=S(C)(=O)Nc1ccc(C)c(C(=O)c2c[nH]c3ncccc23)c1F. The van der Waals surface area contributed by atoms with Gasteiger partial charge < -0.3 is 9.71 Å². The molecule has 5 nitrogen and oxygen atoms in total. The van der Waals surface area contributed by atoms with Gasteiger partial charge in [0.25, 0.3) is 0 Å². The Hall–Kier alpha value is -2.67. The van der Waals surface area contributed by atoms with Gasteiger partial charge in [-0.05, 0) is 36.6 Å². The maximum absolute atomic E-state index is 14.8. The predicted octanol–water partition coefficient (Wildman–Crippen LogP) is 2.91. The molecule has 2 heterocycles. The van der Waals surface area contributed by atoms with E-state index in [4.69, 9.17) is 0 Å². The molecule has 0 spiro atoms. The highest BCUT2D eigenvalue weighted by molar-refractivity contribution is 8.00. The van der Waals surface area contributed by atoms with Crippen LogP contribution in [0.2, 0.25) is 0 Å². The molecule has 7 heteroatoms. The van der Waals surface area contributed by atoms with Crippen LogP contribution in [0.4, 0.5) is 10.1 Å². The van der Waals surface area contributed by atoms with Gasteiger partial charge in [-0.3, -0.25) is 4.79 Å². The molecule has 0 bridgehead atoms. The number of rotatable bonds is 4. The Morgan fingerprint density at radius 3 is 2.83 bits per heavy atom. The van der Waals surface area contributed by atoms with Gasteiger partial charge in [-0.25, -0.2) is 13.6 Å². The zero-order chi connectivity index (χ0) is 17.5. The molecule has 0 saturated heterocycles. The van der Waals surface area contributed by atoms with Crippen molar-refractivity contribution in [2.75, 3.05) is 11.0 Å². The number of hydrogen-bond acceptors (Lipinski definition) is 3. The summed E-state index contributed by atoms with van der Waals surface area (Å²) in [7, 11) is -2.66. The minimum atomic E-state index is -2.66. The molecule has 1 aromatic carbocycles. The number of anilines is 1. The van der Waals surface area contributed by atoms with E-state index in [9.17, 15) is 13.4 Å². The topological polar surface area (TPSA) is 74.8 Å². The summed E-state index contributed by atoms with van der Waals surface area (Å²) >= 11 is 0. The van der Waals surface area contributed by atoms with Gasteiger partial charge in [0.1, 0.15) is 5.65 Å². The first-order valence-electron chi connectivity index (χ1n) is 7.14. The Morgan fingerprint density at radius 2 is 2.12 bits per heavy atom. The van der Waals surface area contributed by atoms with E-state index in [1.54, 1.807) is 31.3 Å². The minimum Gasteiger partial charge on any atom is -0.345 e. The number of nitrogens with one attached hydrogen (secondary N) is 2. The molecule has 0 radical (unpaired) electrons. The van der Waals surface area contributed by atoms with E-state index < -0.39 is 21.3 Å². The number of nitrogens with zero attached hydrogens (tertiary/aromatic N) is 1. The van der Waals surface area contributed by atoms with E-state index in [0.29, 0.717) is 22.2 Å². The smallest absolute Gasteiger partial charge is 0.198 e. The van der Waals surface area contributed by atoms with E-state index >= 15 is 0 Å². The van der Waals surface area contributed by atoms with Crippen LogP contribution in [-0.4, -0.2) is 32.1 Å². The summed E-state index contributed by atoms with van der Waals surface area (Å²) in [6.07, 6.45) is 4.48. The molecule has 124 valence electrons. The van der Waals surface area contributed by atoms with Gasteiger partial charge in [0.2, 0.25) is 0 Å². The lowest BCUT2D eigenvalue weighted by Crippen LogP contribution is -2.14. The Balaban J connectivity index is 2.15. The number of fused-ring (bicyclic) bond motifs is 1. The van der Waals surface area contributed by atoms with Gasteiger partial charge in [0.15, 0.2) is 11.6 Å². The third-order valence-electron chi connectivity index (χ3n) is 3.60. The van der Waals surface area contributed by atoms with E-state index in [-0.39, 0.29) is 11.3 Å². The van der Waals surface area contributed by atoms with Crippen molar-refractivity contribution in [3.05, 3.63) is 59.2 Å². The average molecular weight is 345 g/mol. The first-order valence-corrected chi connectivity index (χ1v) is 9.27. The Labute approximate surface area is 139 Å². The van der Waals surface area contributed by atoms with Crippen molar-refractivity contribution in [3.8, 4) is 0 Å². The van der Waals surface area contributed by atoms with Crippen LogP contribution in [0.3, 0.4) is 0 Å². The van der Waals surface area contributed by atoms with Gasteiger partial charge in [-0.1, -0.05) is 6.07 Å². The molecule has 0 saturated carbocycles. The number of hydrogen-bond donors (Lipinski definition) is 2. The Bertz CT molecular complexity index is 1050. The average Bonchev–Trinajstić information content (AvgIpc) is 2.93. The molecule has 0 aliphatic rings. The number of benzene rings is 1. The molecule has 0 aliphatic carbocycles. The molecule has 0 amide bonds. The highest BCUT2D eigenvalue weighted by atomic mass is 32.2. The molecule has 2 aromatic heterocycles. The normalized spacial score (nSPS) is 13.6.